The van der Waals surface area contributed by atoms with E-state index in [1.54, 1.807) is 7.11 Å². The molecule has 0 saturated carbocycles. The van der Waals surface area contributed by atoms with Gasteiger partial charge in [0.15, 0.2) is 0 Å². The van der Waals surface area contributed by atoms with Crippen molar-refractivity contribution in [1.29, 1.82) is 0 Å². The monoisotopic (exact) mass is 213 g/mol. The molecule has 2 rings (SSSR count). The van der Waals surface area contributed by atoms with Crippen molar-refractivity contribution in [3.8, 4) is 16.9 Å². The first-order valence-corrected chi connectivity index (χ1v) is 5.21. The van der Waals surface area contributed by atoms with E-state index in [1.165, 1.54) is 5.56 Å². The van der Waals surface area contributed by atoms with Crippen LogP contribution in [-0.4, -0.2) is 7.11 Å². The van der Waals surface area contributed by atoms with Gasteiger partial charge in [-0.2, -0.15) is 0 Å². The van der Waals surface area contributed by atoms with Gasteiger partial charge in [-0.1, -0.05) is 29.8 Å². The van der Waals surface area contributed by atoms with Crippen LogP contribution in [0.2, 0.25) is 0 Å². The molecular formula is C14H15NO. The van der Waals surface area contributed by atoms with E-state index in [0.717, 1.165) is 22.6 Å². The van der Waals surface area contributed by atoms with Crippen molar-refractivity contribution in [3.63, 3.8) is 0 Å². The number of aryl methyl sites for hydroxylation is 1. The summed E-state index contributed by atoms with van der Waals surface area (Å²) in [5.41, 5.74) is 10.1. The summed E-state index contributed by atoms with van der Waals surface area (Å²) < 4.78 is 5.21. The van der Waals surface area contributed by atoms with Crippen LogP contribution in [0.25, 0.3) is 11.1 Å². The molecule has 0 aliphatic carbocycles. The molecule has 0 heterocycles. The number of hydrogen-bond acceptors (Lipinski definition) is 2. The predicted octanol–water partition coefficient (Wildman–Crippen LogP) is 3.25. The molecule has 2 N–H and O–H groups in total. The van der Waals surface area contributed by atoms with Gasteiger partial charge in [0, 0.05) is 11.3 Å². The second-order valence-electron chi connectivity index (χ2n) is 3.82. The average Bonchev–Trinajstić information content (AvgIpc) is 2.30. The molecule has 2 aromatic rings. The Kier molecular flexibility index (Phi) is 2.82. The van der Waals surface area contributed by atoms with Gasteiger partial charge in [0.2, 0.25) is 0 Å². The van der Waals surface area contributed by atoms with Crippen molar-refractivity contribution >= 4 is 5.69 Å². The van der Waals surface area contributed by atoms with Gasteiger partial charge in [0.25, 0.3) is 0 Å². The van der Waals surface area contributed by atoms with Crippen LogP contribution < -0.4 is 10.5 Å². The lowest BCUT2D eigenvalue weighted by atomic mass is 10.0. The predicted molar refractivity (Wildman–Crippen MR) is 67.6 cm³/mol. The van der Waals surface area contributed by atoms with E-state index >= 15 is 0 Å². The minimum atomic E-state index is 0.770. The molecule has 0 spiro atoms. The Morgan fingerprint density at radius 3 is 2.56 bits per heavy atom. The zero-order chi connectivity index (χ0) is 11.5. The van der Waals surface area contributed by atoms with Gasteiger partial charge in [-0.15, -0.1) is 0 Å². The molecule has 0 aliphatic rings. The minimum absolute atomic E-state index is 0.770. The Labute approximate surface area is 95.7 Å². The van der Waals surface area contributed by atoms with Crippen LogP contribution in [0.15, 0.2) is 42.5 Å². The first-order valence-electron chi connectivity index (χ1n) is 5.21. The van der Waals surface area contributed by atoms with E-state index in [4.69, 9.17) is 10.5 Å². The summed E-state index contributed by atoms with van der Waals surface area (Å²) in [6, 6.07) is 14.0. The quantitative estimate of drug-likeness (QED) is 0.777. The van der Waals surface area contributed by atoms with Crippen molar-refractivity contribution < 1.29 is 4.74 Å². The zero-order valence-corrected chi connectivity index (χ0v) is 9.53. The first kappa shape index (κ1) is 10.6. The Hall–Kier alpha value is -1.96. The smallest absolute Gasteiger partial charge is 0.119 e. The molecule has 0 aliphatic heterocycles. The maximum atomic E-state index is 5.97. The number of nitrogen functional groups attached to an aromatic ring is 1. The molecule has 0 amide bonds. The highest BCUT2D eigenvalue weighted by atomic mass is 16.5. The van der Waals surface area contributed by atoms with Gasteiger partial charge in [0.05, 0.1) is 7.11 Å². The summed E-state index contributed by atoms with van der Waals surface area (Å²) in [6.45, 7) is 2.07. The standard InChI is InChI=1S/C14H15NO/c1-10-4-3-5-11(8-10)13-9-12(16-2)6-7-14(13)15/h3-9H,15H2,1-2H3. The summed E-state index contributed by atoms with van der Waals surface area (Å²) >= 11 is 0. The molecule has 0 unspecified atom stereocenters. The minimum Gasteiger partial charge on any atom is -0.497 e. The highest BCUT2D eigenvalue weighted by Crippen LogP contribution is 2.30. The highest BCUT2D eigenvalue weighted by molar-refractivity contribution is 5.77. The largest absolute Gasteiger partial charge is 0.497 e. The number of nitrogens with two attached hydrogens (primary N) is 1. The molecule has 16 heavy (non-hydrogen) atoms. The zero-order valence-electron chi connectivity index (χ0n) is 9.53. The van der Waals surface area contributed by atoms with E-state index in [0.29, 0.717) is 0 Å². The van der Waals surface area contributed by atoms with Crippen molar-refractivity contribution in [3.05, 3.63) is 48.0 Å². The van der Waals surface area contributed by atoms with E-state index in [-0.39, 0.29) is 0 Å². The molecule has 0 aromatic heterocycles. The third-order valence-electron chi connectivity index (χ3n) is 2.59. The highest BCUT2D eigenvalue weighted by Gasteiger charge is 2.04. The summed E-state index contributed by atoms with van der Waals surface area (Å²) in [5.74, 6) is 0.825. The fourth-order valence-electron chi connectivity index (χ4n) is 1.72. The number of anilines is 1. The van der Waals surface area contributed by atoms with Crippen molar-refractivity contribution in [1.82, 2.24) is 0 Å². The molecule has 0 atom stereocenters. The Morgan fingerprint density at radius 1 is 1.06 bits per heavy atom. The van der Waals surface area contributed by atoms with E-state index < -0.39 is 0 Å². The summed E-state index contributed by atoms with van der Waals surface area (Å²) in [5, 5.41) is 0. The number of methoxy groups -OCH3 is 1. The lowest BCUT2D eigenvalue weighted by Gasteiger charge is -2.08. The van der Waals surface area contributed by atoms with E-state index in [9.17, 15) is 0 Å². The summed E-state index contributed by atoms with van der Waals surface area (Å²) in [6.07, 6.45) is 0. The Morgan fingerprint density at radius 2 is 1.88 bits per heavy atom. The number of hydrogen-bond donors (Lipinski definition) is 1. The molecule has 82 valence electrons. The van der Waals surface area contributed by atoms with Crippen LogP contribution in [0.5, 0.6) is 5.75 Å². The number of benzene rings is 2. The number of rotatable bonds is 2. The van der Waals surface area contributed by atoms with Gasteiger partial charge in [0.1, 0.15) is 5.75 Å². The lowest BCUT2D eigenvalue weighted by Crippen LogP contribution is -1.92. The van der Waals surface area contributed by atoms with E-state index in [1.807, 2.05) is 24.3 Å². The molecule has 2 heteroatoms. The first-order chi connectivity index (χ1) is 7.70. The van der Waals surface area contributed by atoms with E-state index in [2.05, 4.69) is 25.1 Å². The maximum absolute atomic E-state index is 5.97. The summed E-state index contributed by atoms with van der Waals surface area (Å²) in [7, 11) is 1.66. The second-order valence-corrected chi connectivity index (χ2v) is 3.82. The Bertz CT molecular complexity index is 506. The fraction of sp³-hybridized carbons (Fsp3) is 0.143. The summed E-state index contributed by atoms with van der Waals surface area (Å²) in [4.78, 5) is 0. The second kappa shape index (κ2) is 4.27. The van der Waals surface area contributed by atoms with Crippen molar-refractivity contribution in [2.45, 2.75) is 6.92 Å². The van der Waals surface area contributed by atoms with Gasteiger partial charge in [-0.25, -0.2) is 0 Å². The van der Waals surface area contributed by atoms with Gasteiger partial charge >= 0.3 is 0 Å². The van der Waals surface area contributed by atoms with Crippen LogP contribution >= 0.6 is 0 Å². The Balaban J connectivity index is 2.54. The maximum Gasteiger partial charge on any atom is 0.119 e. The average molecular weight is 213 g/mol. The normalized spacial score (nSPS) is 10.1. The van der Waals surface area contributed by atoms with Gasteiger partial charge in [-0.05, 0) is 30.7 Å². The molecule has 0 bridgehead atoms. The SMILES string of the molecule is COc1ccc(N)c(-c2cccc(C)c2)c1. The topological polar surface area (TPSA) is 35.2 Å². The number of ether oxygens (including phenoxy) is 1. The van der Waals surface area contributed by atoms with Gasteiger partial charge in [-0.3, -0.25) is 0 Å². The molecular weight excluding hydrogens is 198 g/mol. The molecule has 2 nitrogen and oxygen atoms in total. The van der Waals surface area contributed by atoms with Crippen LogP contribution in [-0.2, 0) is 0 Å². The molecule has 2 aromatic carbocycles. The van der Waals surface area contributed by atoms with Gasteiger partial charge < -0.3 is 10.5 Å². The van der Waals surface area contributed by atoms with Crippen LogP contribution in [0.1, 0.15) is 5.56 Å². The third-order valence-corrected chi connectivity index (χ3v) is 2.59. The fourth-order valence-corrected chi connectivity index (χ4v) is 1.72. The molecule has 0 saturated heterocycles. The molecule has 0 radical (unpaired) electrons. The third kappa shape index (κ3) is 2.01. The van der Waals surface area contributed by atoms with Crippen molar-refractivity contribution in [2.75, 3.05) is 12.8 Å². The van der Waals surface area contributed by atoms with Crippen molar-refractivity contribution in [2.24, 2.45) is 0 Å². The van der Waals surface area contributed by atoms with Crippen LogP contribution in [0.3, 0.4) is 0 Å². The molecule has 0 fully saturated rings. The van der Waals surface area contributed by atoms with Crippen LogP contribution in [0.4, 0.5) is 5.69 Å². The lowest BCUT2D eigenvalue weighted by molar-refractivity contribution is 0.415. The van der Waals surface area contributed by atoms with Crippen LogP contribution in [0, 0.1) is 6.92 Å².